The Labute approximate surface area is 198 Å². The molecule has 0 aromatic carbocycles. The molecule has 10 heteroatoms. The third-order valence-corrected chi connectivity index (χ3v) is 9.55. The fourth-order valence-corrected chi connectivity index (χ4v) is 7.89. The molecule has 1 heterocycles. The van der Waals surface area contributed by atoms with Gasteiger partial charge in [0, 0.05) is 26.1 Å². The van der Waals surface area contributed by atoms with Gasteiger partial charge >= 0.3 is 6.09 Å². The summed E-state index contributed by atoms with van der Waals surface area (Å²) in [6, 6.07) is -0.210. The fourth-order valence-electron chi connectivity index (χ4n) is 6.30. The van der Waals surface area contributed by atoms with Gasteiger partial charge in [-0.15, -0.1) is 0 Å². The number of rotatable bonds is 6. The Morgan fingerprint density at radius 3 is 2.42 bits per heavy atom. The van der Waals surface area contributed by atoms with E-state index in [2.05, 4.69) is 4.72 Å². The summed E-state index contributed by atoms with van der Waals surface area (Å²) in [4.78, 5) is 29.1. The Kier molecular flexibility index (Phi) is 8.66. The minimum atomic E-state index is -3.45. The average Bonchev–Trinajstić information content (AvgIpc) is 2.76. The molecule has 0 aromatic heterocycles. The van der Waals surface area contributed by atoms with E-state index < -0.39 is 15.3 Å². The van der Waals surface area contributed by atoms with Crippen LogP contribution < -0.4 is 4.72 Å². The second-order valence-electron chi connectivity index (χ2n) is 10.3. The molecule has 5 unspecified atom stereocenters. The summed E-state index contributed by atoms with van der Waals surface area (Å²) in [5.74, 6) is 0.605. The van der Waals surface area contributed by atoms with Gasteiger partial charge in [0.25, 0.3) is 0 Å². The van der Waals surface area contributed by atoms with Gasteiger partial charge in [-0.3, -0.25) is 4.79 Å². The summed E-state index contributed by atoms with van der Waals surface area (Å²) >= 11 is 0. The van der Waals surface area contributed by atoms with Crippen molar-refractivity contribution in [3.05, 3.63) is 0 Å². The van der Waals surface area contributed by atoms with E-state index >= 15 is 0 Å². The molecule has 1 saturated heterocycles. The molecule has 2 N–H and O–H groups in total. The van der Waals surface area contributed by atoms with Crippen LogP contribution in [0.4, 0.5) is 4.79 Å². The zero-order valence-corrected chi connectivity index (χ0v) is 21.2. The highest BCUT2D eigenvalue weighted by Gasteiger charge is 2.48. The average molecular weight is 488 g/mol. The predicted molar refractivity (Wildman–Crippen MR) is 125 cm³/mol. The minimum Gasteiger partial charge on any atom is -0.447 e. The first-order valence-corrected chi connectivity index (χ1v) is 13.9. The number of hydrogen-bond acceptors (Lipinski definition) is 6. The highest BCUT2D eigenvalue weighted by molar-refractivity contribution is 7.90. The van der Waals surface area contributed by atoms with Crippen LogP contribution in [0.15, 0.2) is 0 Å². The summed E-state index contributed by atoms with van der Waals surface area (Å²) in [6.07, 6.45) is 5.03. The van der Waals surface area contributed by atoms with Crippen molar-refractivity contribution in [2.75, 3.05) is 19.7 Å². The molecule has 0 spiro atoms. The highest BCUT2D eigenvalue weighted by Crippen LogP contribution is 2.43. The maximum atomic E-state index is 12.9. The molecule has 0 aromatic rings. The molecule has 6 atom stereocenters. The number of aliphatic hydroxyl groups excluding tert-OH is 1. The molecule has 3 aliphatic rings. The van der Waals surface area contributed by atoms with Gasteiger partial charge in [0.2, 0.25) is 15.9 Å². The number of nitrogens with zero attached hydrogens (tertiary/aromatic N) is 2. The molecule has 33 heavy (non-hydrogen) atoms. The monoisotopic (exact) mass is 487 g/mol. The molecule has 0 radical (unpaired) electrons. The van der Waals surface area contributed by atoms with Crippen LogP contribution in [-0.2, 0) is 19.6 Å². The first-order chi connectivity index (χ1) is 15.5. The van der Waals surface area contributed by atoms with Crippen molar-refractivity contribution in [3.8, 4) is 0 Å². The van der Waals surface area contributed by atoms with Crippen molar-refractivity contribution in [1.82, 2.24) is 14.5 Å². The predicted octanol–water partition coefficient (Wildman–Crippen LogP) is 2.09. The second-order valence-corrected chi connectivity index (χ2v) is 12.3. The van der Waals surface area contributed by atoms with Crippen LogP contribution in [0, 0.1) is 11.8 Å². The highest BCUT2D eigenvalue weighted by atomic mass is 32.2. The van der Waals surface area contributed by atoms with Crippen molar-refractivity contribution in [1.29, 1.82) is 0 Å². The van der Waals surface area contributed by atoms with E-state index in [0.29, 0.717) is 25.3 Å². The van der Waals surface area contributed by atoms with Crippen LogP contribution in [0.5, 0.6) is 0 Å². The van der Waals surface area contributed by atoms with Crippen molar-refractivity contribution in [3.63, 3.8) is 0 Å². The maximum Gasteiger partial charge on any atom is 0.410 e. The number of ether oxygens (including phenoxy) is 1. The summed E-state index contributed by atoms with van der Waals surface area (Å²) in [7, 11) is -3.45. The van der Waals surface area contributed by atoms with Gasteiger partial charge in [0.1, 0.15) is 0 Å². The second kappa shape index (κ2) is 10.9. The largest absolute Gasteiger partial charge is 0.447 e. The summed E-state index contributed by atoms with van der Waals surface area (Å²) in [6.45, 7) is 7.53. The third-order valence-electron chi connectivity index (χ3n) is 7.64. The Bertz CT molecular complexity index is 804. The Morgan fingerprint density at radius 2 is 1.79 bits per heavy atom. The van der Waals surface area contributed by atoms with Crippen molar-refractivity contribution in [2.45, 2.75) is 102 Å². The molecule has 1 aliphatic heterocycles. The van der Waals surface area contributed by atoms with Gasteiger partial charge in [-0.25, -0.2) is 17.9 Å². The van der Waals surface area contributed by atoms with Crippen molar-refractivity contribution < 1.29 is 27.9 Å². The van der Waals surface area contributed by atoms with E-state index in [9.17, 15) is 18.0 Å². The Morgan fingerprint density at radius 1 is 1.09 bits per heavy atom. The molecule has 3 fully saturated rings. The van der Waals surface area contributed by atoms with Crippen LogP contribution >= 0.6 is 0 Å². The van der Waals surface area contributed by atoms with Gasteiger partial charge in [-0.05, 0) is 64.7 Å². The lowest BCUT2D eigenvalue weighted by Gasteiger charge is -2.54. The number of sulfonamides is 1. The molecular weight excluding hydrogens is 446 g/mol. The quantitative estimate of drug-likeness (QED) is 0.593. The molecule has 0 bridgehead atoms. The van der Waals surface area contributed by atoms with Crippen LogP contribution in [0.25, 0.3) is 0 Å². The number of aliphatic hydroxyl groups is 1. The number of carbonyl (C=O) groups is 2. The SMILES string of the molecule is CC(=O)N1C2CCC(C3CCCC(S(=O)(=O)NCCO)C3)CC2N(C(=O)OC(C)C)C[C@@H]1C. The minimum absolute atomic E-state index is 0.0310. The van der Waals surface area contributed by atoms with Crippen molar-refractivity contribution >= 4 is 22.0 Å². The van der Waals surface area contributed by atoms with Gasteiger partial charge in [-0.2, -0.15) is 0 Å². The van der Waals surface area contributed by atoms with Crippen LogP contribution in [0.3, 0.4) is 0 Å². The van der Waals surface area contributed by atoms with Crippen LogP contribution in [0.1, 0.15) is 72.6 Å². The number of amides is 2. The Hall–Kier alpha value is -1.39. The molecular formula is C23H41N3O6S. The smallest absolute Gasteiger partial charge is 0.410 e. The van der Waals surface area contributed by atoms with Gasteiger partial charge < -0.3 is 19.6 Å². The summed E-state index contributed by atoms with van der Waals surface area (Å²) in [5.41, 5.74) is 0. The van der Waals surface area contributed by atoms with Gasteiger partial charge in [-0.1, -0.05) is 12.8 Å². The normalized spacial score (nSPS) is 33.0. The van der Waals surface area contributed by atoms with Gasteiger partial charge in [0.05, 0.1) is 30.0 Å². The molecule has 2 amide bonds. The standard InChI is InChI=1S/C23H41N3O6S/c1-15(2)32-23(29)25-14-16(3)26(17(4)28)21-9-8-19(13-22(21)25)18-6-5-7-20(12-18)33(30,31)24-10-11-27/h15-16,18-22,24,27H,5-14H2,1-4H3/t16-,18?,19?,20?,21?,22?/m0/s1. The fraction of sp³-hybridized carbons (Fsp3) is 0.913. The lowest BCUT2D eigenvalue weighted by molar-refractivity contribution is -0.142. The van der Waals surface area contributed by atoms with E-state index in [-0.39, 0.29) is 55.3 Å². The first-order valence-electron chi connectivity index (χ1n) is 12.4. The molecule has 190 valence electrons. The van der Waals surface area contributed by atoms with E-state index in [1.165, 1.54) is 0 Å². The van der Waals surface area contributed by atoms with Crippen LogP contribution in [-0.4, -0.2) is 84.5 Å². The van der Waals surface area contributed by atoms with Crippen molar-refractivity contribution in [2.24, 2.45) is 11.8 Å². The van der Waals surface area contributed by atoms with E-state index in [1.54, 1.807) is 6.92 Å². The molecule has 2 saturated carbocycles. The number of hydrogen-bond donors (Lipinski definition) is 2. The summed E-state index contributed by atoms with van der Waals surface area (Å²) in [5, 5.41) is 8.56. The summed E-state index contributed by atoms with van der Waals surface area (Å²) < 4.78 is 33.4. The molecule has 2 aliphatic carbocycles. The lowest BCUT2D eigenvalue weighted by Crippen LogP contribution is -2.67. The molecule has 9 nitrogen and oxygen atoms in total. The van der Waals surface area contributed by atoms with E-state index in [4.69, 9.17) is 9.84 Å². The Balaban J connectivity index is 1.76. The zero-order chi connectivity index (χ0) is 24.3. The number of carbonyl (C=O) groups excluding carboxylic acids is 2. The maximum absolute atomic E-state index is 12.9. The molecule has 3 rings (SSSR count). The topological polar surface area (TPSA) is 116 Å². The number of piperazine rings is 1. The van der Waals surface area contributed by atoms with E-state index in [0.717, 1.165) is 32.1 Å². The first kappa shape index (κ1) is 26.2. The zero-order valence-electron chi connectivity index (χ0n) is 20.4. The number of nitrogens with one attached hydrogen (secondary N) is 1. The van der Waals surface area contributed by atoms with Crippen LogP contribution in [0.2, 0.25) is 0 Å². The lowest BCUT2D eigenvalue weighted by atomic mass is 9.69. The third kappa shape index (κ3) is 6.00. The van der Waals surface area contributed by atoms with Gasteiger partial charge in [0.15, 0.2) is 0 Å². The van der Waals surface area contributed by atoms with E-state index in [1.807, 2.05) is 30.6 Å². The number of fused-ring (bicyclic) bond motifs is 1.